The van der Waals surface area contributed by atoms with Gasteiger partial charge < -0.3 is 14.5 Å². The highest BCUT2D eigenvalue weighted by Crippen LogP contribution is 2.27. The molecule has 1 aliphatic heterocycles. The molecule has 0 spiro atoms. The molecule has 34 heavy (non-hydrogen) atoms. The van der Waals surface area contributed by atoms with Crippen molar-refractivity contribution < 1.29 is 17.9 Å². The molecule has 0 radical (unpaired) electrons. The minimum Gasteiger partial charge on any atom is -0.497 e. The highest BCUT2D eigenvalue weighted by atomic mass is 32.2. The van der Waals surface area contributed by atoms with E-state index in [4.69, 9.17) is 9.47 Å². The molecule has 3 aromatic rings. The number of pyridine rings is 1. The van der Waals surface area contributed by atoms with Crippen molar-refractivity contribution >= 4 is 20.9 Å². The molecule has 8 heteroatoms. The van der Waals surface area contributed by atoms with E-state index in [-0.39, 0.29) is 35.1 Å². The van der Waals surface area contributed by atoms with E-state index in [1.165, 1.54) is 4.31 Å². The first-order valence-electron chi connectivity index (χ1n) is 11.5. The molecule has 0 bridgehead atoms. The molecule has 0 saturated carbocycles. The van der Waals surface area contributed by atoms with Crippen LogP contribution in [-0.4, -0.2) is 44.1 Å². The highest BCUT2D eigenvalue weighted by molar-refractivity contribution is 7.89. The number of aromatic nitrogens is 1. The maximum atomic E-state index is 13.7. The lowest BCUT2D eigenvalue weighted by molar-refractivity contribution is 0.0925. The number of benzene rings is 2. The number of nitrogens with one attached hydrogen (secondary N) is 1. The predicted molar refractivity (Wildman–Crippen MR) is 133 cm³/mol. The highest BCUT2D eigenvalue weighted by Gasteiger charge is 2.30. The normalized spacial score (nSPS) is 16.9. The Balaban J connectivity index is 1.70. The number of hydrogen-bond acceptors (Lipinski definition) is 5. The van der Waals surface area contributed by atoms with Gasteiger partial charge in [0.1, 0.15) is 5.75 Å². The summed E-state index contributed by atoms with van der Waals surface area (Å²) in [5.41, 5.74) is 1.67. The fourth-order valence-corrected chi connectivity index (χ4v) is 5.65. The zero-order valence-electron chi connectivity index (χ0n) is 20.1. The van der Waals surface area contributed by atoms with E-state index in [9.17, 15) is 13.2 Å². The van der Waals surface area contributed by atoms with Crippen molar-refractivity contribution in [2.75, 3.05) is 20.3 Å². The van der Waals surface area contributed by atoms with Crippen molar-refractivity contribution in [2.24, 2.45) is 0 Å². The smallest absolute Gasteiger partial charge is 0.252 e. The number of nitrogens with zero attached hydrogens (tertiary/aromatic N) is 1. The average molecular weight is 485 g/mol. The second-order valence-corrected chi connectivity index (χ2v) is 11.7. The molecule has 1 aliphatic rings. The van der Waals surface area contributed by atoms with Crippen LogP contribution in [0.3, 0.4) is 0 Å². The lowest BCUT2D eigenvalue weighted by Gasteiger charge is -2.25. The number of rotatable bonds is 7. The Bertz CT molecular complexity index is 1320. The van der Waals surface area contributed by atoms with Gasteiger partial charge in [-0.25, -0.2) is 8.42 Å². The molecule has 1 aromatic heterocycles. The number of H-pyrrole nitrogens is 1. The topological polar surface area (TPSA) is 88.7 Å². The first kappa shape index (κ1) is 24.4. The third-order valence-electron chi connectivity index (χ3n) is 6.27. The largest absolute Gasteiger partial charge is 0.497 e. The summed E-state index contributed by atoms with van der Waals surface area (Å²) in [4.78, 5) is 15.9. The molecule has 0 unspecified atom stereocenters. The maximum absolute atomic E-state index is 13.7. The van der Waals surface area contributed by atoms with E-state index in [1.54, 1.807) is 31.4 Å². The molecular formula is C26H32N2O5S. The quantitative estimate of drug-likeness (QED) is 0.543. The molecule has 7 nitrogen and oxygen atoms in total. The number of aromatic amines is 1. The fraction of sp³-hybridized carbons (Fsp3) is 0.423. The van der Waals surface area contributed by atoms with Crippen LogP contribution in [-0.2, 0) is 26.7 Å². The van der Waals surface area contributed by atoms with Crippen LogP contribution in [0.5, 0.6) is 5.75 Å². The van der Waals surface area contributed by atoms with E-state index in [0.29, 0.717) is 23.4 Å². The lowest BCUT2D eigenvalue weighted by atomic mass is 9.87. The van der Waals surface area contributed by atoms with E-state index >= 15 is 0 Å². The summed E-state index contributed by atoms with van der Waals surface area (Å²) in [6, 6.07) is 14.2. The van der Waals surface area contributed by atoms with E-state index in [0.717, 1.165) is 23.8 Å². The van der Waals surface area contributed by atoms with Gasteiger partial charge in [-0.3, -0.25) is 4.79 Å². The van der Waals surface area contributed by atoms with E-state index in [2.05, 4.69) is 25.8 Å². The van der Waals surface area contributed by atoms with E-state index in [1.807, 2.05) is 24.3 Å². The number of methoxy groups -OCH3 is 1. The van der Waals surface area contributed by atoms with Crippen LogP contribution in [0.2, 0.25) is 0 Å². The van der Waals surface area contributed by atoms with Crippen molar-refractivity contribution in [3.8, 4) is 5.75 Å². The monoisotopic (exact) mass is 484 g/mol. The summed E-state index contributed by atoms with van der Waals surface area (Å²) in [5, 5.41) is 0.805. The van der Waals surface area contributed by atoms with Crippen LogP contribution in [0.1, 0.15) is 44.7 Å². The second-order valence-electron chi connectivity index (χ2n) is 9.78. The SMILES string of the molecule is COc1ccc2cc(CN(C[C@@H]3CCCO3)S(=O)(=O)c3ccc(C(C)(C)C)cc3)c(=O)[nH]c2c1. The predicted octanol–water partition coefficient (Wildman–Crippen LogP) is 4.20. The summed E-state index contributed by atoms with van der Waals surface area (Å²) in [5.74, 6) is 0.636. The molecule has 182 valence electrons. The van der Waals surface area contributed by atoms with Gasteiger partial charge in [-0.05, 0) is 59.5 Å². The van der Waals surface area contributed by atoms with Crippen LogP contribution >= 0.6 is 0 Å². The second kappa shape index (κ2) is 9.52. The number of hydrogen-bond donors (Lipinski definition) is 1. The Hall–Kier alpha value is -2.68. The Labute approximate surface area is 200 Å². The molecule has 1 N–H and O–H groups in total. The zero-order valence-corrected chi connectivity index (χ0v) is 20.9. The van der Waals surface area contributed by atoms with Gasteiger partial charge in [0.25, 0.3) is 5.56 Å². The van der Waals surface area contributed by atoms with Crippen molar-refractivity contribution in [1.82, 2.24) is 9.29 Å². The molecule has 2 aromatic carbocycles. The summed E-state index contributed by atoms with van der Waals surface area (Å²) >= 11 is 0. The Morgan fingerprint density at radius 2 is 1.85 bits per heavy atom. The molecule has 1 atom stereocenters. The van der Waals surface area contributed by atoms with Gasteiger partial charge in [0.2, 0.25) is 10.0 Å². The molecule has 2 heterocycles. The maximum Gasteiger partial charge on any atom is 0.252 e. The number of sulfonamides is 1. The molecule has 1 saturated heterocycles. The molecule has 0 amide bonds. The first-order valence-corrected chi connectivity index (χ1v) is 12.9. The third-order valence-corrected chi connectivity index (χ3v) is 8.09. The van der Waals surface area contributed by atoms with Crippen LogP contribution < -0.4 is 10.3 Å². The number of fused-ring (bicyclic) bond motifs is 1. The zero-order chi connectivity index (χ0) is 24.5. The van der Waals surface area contributed by atoms with Gasteiger partial charge >= 0.3 is 0 Å². The first-order chi connectivity index (χ1) is 16.1. The van der Waals surface area contributed by atoms with Crippen LogP contribution in [0.15, 0.2) is 58.2 Å². The van der Waals surface area contributed by atoms with Crippen molar-refractivity contribution in [3.63, 3.8) is 0 Å². The standard InChI is InChI=1S/C26H32N2O5S/c1-26(2,3)20-8-11-23(12-9-20)34(30,31)28(17-22-6-5-13-33-22)16-19-14-18-7-10-21(32-4)15-24(18)27-25(19)29/h7-12,14-15,22H,5-6,13,16-17H2,1-4H3,(H,27,29)/t22-/m0/s1. The minimum absolute atomic E-state index is 0.0412. The van der Waals surface area contributed by atoms with E-state index < -0.39 is 10.0 Å². The summed E-state index contributed by atoms with van der Waals surface area (Å²) in [6.07, 6.45) is 1.51. The van der Waals surface area contributed by atoms with Gasteiger partial charge in [0.15, 0.2) is 0 Å². The molecule has 4 rings (SSSR count). The van der Waals surface area contributed by atoms with Gasteiger partial charge in [0, 0.05) is 31.3 Å². The van der Waals surface area contributed by atoms with Gasteiger partial charge in [0.05, 0.1) is 23.6 Å². The Morgan fingerprint density at radius 3 is 2.47 bits per heavy atom. The van der Waals surface area contributed by atoms with Crippen molar-refractivity contribution in [3.05, 3.63) is 70.0 Å². The lowest BCUT2D eigenvalue weighted by Crippen LogP contribution is -2.38. The van der Waals surface area contributed by atoms with Crippen molar-refractivity contribution in [1.29, 1.82) is 0 Å². The summed E-state index contributed by atoms with van der Waals surface area (Å²) in [7, 11) is -2.28. The van der Waals surface area contributed by atoms with Crippen LogP contribution in [0.25, 0.3) is 10.9 Å². The van der Waals surface area contributed by atoms with Crippen molar-refractivity contribution in [2.45, 2.75) is 56.6 Å². The molecule has 0 aliphatic carbocycles. The summed E-state index contributed by atoms with van der Waals surface area (Å²) < 4.78 is 39.7. The Morgan fingerprint density at radius 1 is 1.12 bits per heavy atom. The average Bonchev–Trinajstić information content (AvgIpc) is 3.31. The molecular weight excluding hydrogens is 452 g/mol. The minimum atomic E-state index is -3.85. The van der Waals surface area contributed by atoms with Crippen LogP contribution in [0.4, 0.5) is 0 Å². The van der Waals surface area contributed by atoms with Gasteiger partial charge in [-0.2, -0.15) is 4.31 Å². The van der Waals surface area contributed by atoms with Gasteiger partial charge in [-0.1, -0.05) is 32.9 Å². The molecule has 1 fully saturated rings. The summed E-state index contributed by atoms with van der Waals surface area (Å²) in [6.45, 7) is 7.03. The Kier molecular flexibility index (Phi) is 6.85. The third kappa shape index (κ3) is 5.19. The number of ether oxygens (including phenoxy) is 2. The fourth-order valence-electron chi connectivity index (χ4n) is 4.20. The van der Waals surface area contributed by atoms with Crippen LogP contribution in [0, 0.1) is 0 Å². The van der Waals surface area contributed by atoms with Gasteiger partial charge in [-0.15, -0.1) is 0 Å².